The molecule has 1 aliphatic rings. The fourth-order valence-corrected chi connectivity index (χ4v) is 2.57. The fourth-order valence-electron chi connectivity index (χ4n) is 2.57. The van der Waals surface area contributed by atoms with Gasteiger partial charge in [-0.3, -0.25) is 0 Å². The van der Waals surface area contributed by atoms with Crippen LogP contribution in [0, 0.1) is 11.3 Å². The van der Waals surface area contributed by atoms with Gasteiger partial charge in [-0.05, 0) is 37.5 Å². The first-order valence-electron chi connectivity index (χ1n) is 6.85. The Morgan fingerprint density at radius 2 is 1.88 bits per heavy atom. The molecule has 1 rings (SSSR count). The number of hydrogen-bond donors (Lipinski definition) is 2. The summed E-state index contributed by atoms with van der Waals surface area (Å²) in [6, 6.07) is 0. The van der Waals surface area contributed by atoms with Crippen LogP contribution >= 0.6 is 0 Å². The van der Waals surface area contributed by atoms with Crippen LogP contribution in [0.5, 0.6) is 0 Å². The minimum absolute atomic E-state index is 0.307. The highest BCUT2D eigenvalue weighted by Gasteiger charge is 2.32. The van der Waals surface area contributed by atoms with E-state index in [0.29, 0.717) is 17.9 Å². The van der Waals surface area contributed by atoms with Crippen LogP contribution in [0.1, 0.15) is 59.8 Å². The van der Waals surface area contributed by atoms with Crippen molar-refractivity contribution in [3.05, 3.63) is 0 Å². The standard InChI is InChI=1S/C14H29NO/c1-5-14(8-6-7-9-14)11-15-10-13(4,16)12(2)3/h12,15-16H,5-11H2,1-4H3. The predicted molar refractivity (Wildman–Crippen MR) is 69.5 cm³/mol. The Balaban J connectivity index is 2.34. The Kier molecular flexibility index (Phi) is 4.81. The second-order valence-corrected chi connectivity index (χ2v) is 6.18. The zero-order valence-electron chi connectivity index (χ0n) is 11.5. The molecule has 0 radical (unpaired) electrons. The van der Waals surface area contributed by atoms with Crippen LogP contribution in [0.15, 0.2) is 0 Å². The molecule has 2 heteroatoms. The first-order valence-corrected chi connectivity index (χ1v) is 6.85. The summed E-state index contributed by atoms with van der Waals surface area (Å²) >= 11 is 0. The van der Waals surface area contributed by atoms with Crippen LogP contribution in [0.2, 0.25) is 0 Å². The lowest BCUT2D eigenvalue weighted by atomic mass is 9.83. The molecule has 0 aromatic carbocycles. The van der Waals surface area contributed by atoms with Gasteiger partial charge in [-0.15, -0.1) is 0 Å². The Morgan fingerprint density at radius 3 is 2.31 bits per heavy atom. The van der Waals surface area contributed by atoms with Gasteiger partial charge in [0, 0.05) is 13.1 Å². The van der Waals surface area contributed by atoms with Gasteiger partial charge in [-0.2, -0.15) is 0 Å². The maximum atomic E-state index is 10.2. The summed E-state index contributed by atoms with van der Waals surface area (Å²) in [5.41, 5.74) is -0.0550. The number of nitrogens with one attached hydrogen (secondary N) is 1. The van der Waals surface area contributed by atoms with Crippen molar-refractivity contribution in [2.75, 3.05) is 13.1 Å². The van der Waals surface area contributed by atoms with E-state index in [4.69, 9.17) is 0 Å². The zero-order chi connectivity index (χ0) is 12.2. The molecule has 16 heavy (non-hydrogen) atoms. The Hall–Kier alpha value is -0.0800. The highest BCUT2D eigenvalue weighted by atomic mass is 16.3. The monoisotopic (exact) mass is 227 g/mol. The van der Waals surface area contributed by atoms with E-state index in [1.807, 2.05) is 6.92 Å². The Morgan fingerprint density at radius 1 is 1.31 bits per heavy atom. The average Bonchev–Trinajstić information content (AvgIpc) is 2.67. The SMILES string of the molecule is CCC1(CNCC(C)(O)C(C)C)CCCC1. The van der Waals surface area contributed by atoms with Gasteiger partial charge in [-0.25, -0.2) is 0 Å². The van der Waals surface area contributed by atoms with Gasteiger partial charge in [0.1, 0.15) is 0 Å². The summed E-state index contributed by atoms with van der Waals surface area (Å²) in [4.78, 5) is 0. The third-order valence-electron chi connectivity index (χ3n) is 4.64. The normalized spacial score (nSPS) is 23.6. The van der Waals surface area contributed by atoms with E-state index >= 15 is 0 Å². The molecule has 0 heterocycles. The molecule has 1 fully saturated rings. The van der Waals surface area contributed by atoms with Gasteiger partial charge in [-0.1, -0.05) is 33.6 Å². The van der Waals surface area contributed by atoms with Crippen molar-refractivity contribution in [2.24, 2.45) is 11.3 Å². The highest BCUT2D eigenvalue weighted by molar-refractivity contribution is 4.87. The van der Waals surface area contributed by atoms with E-state index in [2.05, 4.69) is 26.1 Å². The molecule has 0 aliphatic heterocycles. The minimum atomic E-state index is -0.576. The molecule has 0 aromatic heterocycles. The Bertz CT molecular complexity index is 205. The molecule has 0 saturated heterocycles. The second-order valence-electron chi connectivity index (χ2n) is 6.18. The lowest BCUT2D eigenvalue weighted by molar-refractivity contribution is 0.0117. The molecular weight excluding hydrogens is 198 g/mol. The van der Waals surface area contributed by atoms with Crippen LogP contribution in [-0.2, 0) is 0 Å². The van der Waals surface area contributed by atoms with Gasteiger partial charge in [0.15, 0.2) is 0 Å². The summed E-state index contributed by atoms with van der Waals surface area (Å²) in [6.45, 7) is 10.2. The molecule has 2 N–H and O–H groups in total. The lowest BCUT2D eigenvalue weighted by Crippen LogP contribution is -2.45. The molecule has 0 amide bonds. The smallest absolute Gasteiger partial charge is 0.0766 e. The maximum Gasteiger partial charge on any atom is 0.0766 e. The lowest BCUT2D eigenvalue weighted by Gasteiger charge is -2.32. The van der Waals surface area contributed by atoms with E-state index in [1.54, 1.807) is 0 Å². The summed E-state index contributed by atoms with van der Waals surface area (Å²) in [5.74, 6) is 0.307. The molecule has 1 aliphatic carbocycles. The van der Waals surface area contributed by atoms with Gasteiger partial charge < -0.3 is 10.4 Å². The largest absolute Gasteiger partial charge is 0.389 e. The average molecular weight is 227 g/mol. The summed E-state index contributed by atoms with van der Waals surface area (Å²) < 4.78 is 0. The van der Waals surface area contributed by atoms with Crippen molar-refractivity contribution in [3.63, 3.8) is 0 Å². The van der Waals surface area contributed by atoms with Crippen molar-refractivity contribution >= 4 is 0 Å². The van der Waals surface area contributed by atoms with Crippen LogP contribution in [-0.4, -0.2) is 23.8 Å². The van der Waals surface area contributed by atoms with Gasteiger partial charge in [0.25, 0.3) is 0 Å². The molecule has 96 valence electrons. The van der Waals surface area contributed by atoms with E-state index in [9.17, 15) is 5.11 Å². The maximum absolute atomic E-state index is 10.2. The molecular formula is C14H29NO. The fraction of sp³-hybridized carbons (Fsp3) is 1.00. The molecule has 1 saturated carbocycles. The number of aliphatic hydroxyl groups is 1. The van der Waals surface area contributed by atoms with Gasteiger partial charge in [0.05, 0.1) is 5.60 Å². The topological polar surface area (TPSA) is 32.3 Å². The van der Waals surface area contributed by atoms with Crippen LogP contribution in [0.4, 0.5) is 0 Å². The first-order chi connectivity index (χ1) is 7.42. The molecule has 0 bridgehead atoms. The Labute approximate surface area is 101 Å². The molecule has 0 aromatic rings. The van der Waals surface area contributed by atoms with Gasteiger partial charge in [0.2, 0.25) is 0 Å². The molecule has 0 spiro atoms. The van der Waals surface area contributed by atoms with Crippen LogP contribution in [0.25, 0.3) is 0 Å². The molecule has 1 atom stereocenters. The predicted octanol–water partition coefficient (Wildman–Crippen LogP) is 2.95. The van der Waals surface area contributed by atoms with Crippen molar-refractivity contribution in [1.82, 2.24) is 5.32 Å². The first kappa shape index (κ1) is 14.0. The summed E-state index contributed by atoms with van der Waals surface area (Å²) in [7, 11) is 0. The van der Waals surface area contributed by atoms with Crippen molar-refractivity contribution < 1.29 is 5.11 Å². The second kappa shape index (κ2) is 5.50. The van der Waals surface area contributed by atoms with E-state index in [1.165, 1.54) is 32.1 Å². The third kappa shape index (κ3) is 3.46. The molecule has 1 unspecified atom stereocenters. The van der Waals surface area contributed by atoms with E-state index in [0.717, 1.165) is 6.54 Å². The van der Waals surface area contributed by atoms with Crippen molar-refractivity contribution in [2.45, 2.75) is 65.4 Å². The third-order valence-corrected chi connectivity index (χ3v) is 4.64. The van der Waals surface area contributed by atoms with E-state index < -0.39 is 5.60 Å². The summed E-state index contributed by atoms with van der Waals surface area (Å²) in [5, 5.41) is 13.7. The summed E-state index contributed by atoms with van der Waals surface area (Å²) in [6.07, 6.45) is 6.76. The molecule has 2 nitrogen and oxygen atoms in total. The number of rotatable bonds is 6. The van der Waals surface area contributed by atoms with E-state index in [-0.39, 0.29) is 0 Å². The van der Waals surface area contributed by atoms with Gasteiger partial charge >= 0.3 is 0 Å². The zero-order valence-corrected chi connectivity index (χ0v) is 11.5. The van der Waals surface area contributed by atoms with Crippen molar-refractivity contribution in [3.8, 4) is 0 Å². The number of hydrogen-bond acceptors (Lipinski definition) is 2. The highest BCUT2D eigenvalue weighted by Crippen LogP contribution is 2.40. The van der Waals surface area contributed by atoms with Crippen molar-refractivity contribution in [1.29, 1.82) is 0 Å². The van der Waals surface area contributed by atoms with Crippen LogP contribution < -0.4 is 5.32 Å². The quantitative estimate of drug-likeness (QED) is 0.731. The van der Waals surface area contributed by atoms with Crippen LogP contribution in [0.3, 0.4) is 0 Å². The minimum Gasteiger partial charge on any atom is -0.389 e.